The molecule has 0 aromatic heterocycles. The number of allylic oxidation sites excluding steroid dienone is 1. The molecule has 3 nitrogen and oxygen atoms in total. The maximum Gasteiger partial charge on any atom is 0.244 e. The molecule has 108 valence electrons. The first-order valence-corrected chi connectivity index (χ1v) is 6.57. The summed E-state index contributed by atoms with van der Waals surface area (Å²) >= 11 is 0. The summed E-state index contributed by atoms with van der Waals surface area (Å²) in [6.45, 7) is 1.65. The lowest BCUT2D eigenvalue weighted by atomic mass is 10.1. The highest BCUT2D eigenvalue weighted by atomic mass is 19.1. The molecule has 0 spiro atoms. The summed E-state index contributed by atoms with van der Waals surface area (Å²) in [6.07, 6.45) is 2.26. The Bertz CT molecular complexity index is 518. The summed E-state index contributed by atoms with van der Waals surface area (Å²) in [5.41, 5.74) is 0.574. The zero-order valence-electron chi connectivity index (χ0n) is 11.2. The Morgan fingerprint density at radius 2 is 2.05 bits per heavy atom. The van der Waals surface area contributed by atoms with Gasteiger partial charge in [0, 0.05) is 12.6 Å². The van der Waals surface area contributed by atoms with Crippen LogP contribution in [-0.2, 0) is 4.79 Å². The third-order valence-corrected chi connectivity index (χ3v) is 3.38. The van der Waals surface area contributed by atoms with Crippen LogP contribution in [0.1, 0.15) is 31.4 Å². The van der Waals surface area contributed by atoms with Crippen molar-refractivity contribution < 1.29 is 18.7 Å². The monoisotopic (exact) mass is 281 g/mol. The first-order valence-electron chi connectivity index (χ1n) is 6.57. The highest BCUT2D eigenvalue weighted by molar-refractivity contribution is 5.88. The Morgan fingerprint density at radius 1 is 1.45 bits per heavy atom. The molecule has 1 unspecified atom stereocenters. The van der Waals surface area contributed by atoms with Crippen LogP contribution in [0.25, 0.3) is 0 Å². The van der Waals surface area contributed by atoms with E-state index in [1.165, 1.54) is 12.1 Å². The minimum atomic E-state index is -1.41. The van der Waals surface area contributed by atoms with E-state index in [4.69, 9.17) is 0 Å². The molecule has 2 N–H and O–H groups in total. The summed E-state index contributed by atoms with van der Waals surface area (Å²) < 4.78 is 26.8. The van der Waals surface area contributed by atoms with Crippen LogP contribution in [0.2, 0.25) is 0 Å². The van der Waals surface area contributed by atoms with Gasteiger partial charge in [0.2, 0.25) is 5.91 Å². The Hall–Kier alpha value is -1.75. The fourth-order valence-electron chi connectivity index (χ4n) is 2.04. The molecule has 1 aromatic rings. The molecule has 1 fully saturated rings. The van der Waals surface area contributed by atoms with Crippen LogP contribution in [0.3, 0.4) is 0 Å². The number of aliphatic hydroxyl groups is 1. The quantitative estimate of drug-likeness (QED) is 0.815. The molecule has 1 aromatic carbocycles. The van der Waals surface area contributed by atoms with Crippen LogP contribution in [0.4, 0.5) is 8.78 Å². The van der Waals surface area contributed by atoms with Crippen molar-refractivity contribution >= 4 is 5.91 Å². The molecular weight excluding hydrogens is 264 g/mol. The number of benzene rings is 1. The summed E-state index contributed by atoms with van der Waals surface area (Å²) in [7, 11) is 0. The molecule has 0 heterocycles. The Kier molecular flexibility index (Phi) is 4.49. The Morgan fingerprint density at radius 3 is 2.60 bits per heavy atom. The van der Waals surface area contributed by atoms with Gasteiger partial charge in [-0.15, -0.1) is 0 Å². The van der Waals surface area contributed by atoms with E-state index in [0.29, 0.717) is 5.92 Å². The van der Waals surface area contributed by atoms with E-state index in [2.05, 4.69) is 5.32 Å². The summed E-state index contributed by atoms with van der Waals surface area (Å²) in [5.74, 6) is -1.52. The molecule has 0 bridgehead atoms. The lowest BCUT2D eigenvalue weighted by molar-refractivity contribution is -0.117. The molecule has 2 rings (SSSR count). The summed E-state index contributed by atoms with van der Waals surface area (Å²) in [4.78, 5) is 11.6. The van der Waals surface area contributed by atoms with Gasteiger partial charge in [-0.25, -0.2) is 8.78 Å². The minimum absolute atomic E-state index is 0.231. The first kappa shape index (κ1) is 14.7. The number of aliphatic hydroxyl groups excluding tert-OH is 1. The maximum atomic E-state index is 13.4. The second-order valence-corrected chi connectivity index (χ2v) is 5.06. The van der Waals surface area contributed by atoms with Gasteiger partial charge in [-0.3, -0.25) is 4.79 Å². The molecule has 1 saturated carbocycles. The molecule has 5 heteroatoms. The van der Waals surface area contributed by atoms with Gasteiger partial charge >= 0.3 is 0 Å². The standard InChI is InChI=1S/C15H17F2NO2/c1-9(10-5-6-10)7-14(20)18-8-13(19)15-11(16)3-2-4-12(15)17/h2-4,7,10,13,19H,5-6,8H2,1H3,(H,18,20)/b9-7-. The van der Waals surface area contributed by atoms with Crippen LogP contribution >= 0.6 is 0 Å². The van der Waals surface area contributed by atoms with Crippen molar-refractivity contribution in [2.75, 3.05) is 6.54 Å². The number of nitrogens with one attached hydrogen (secondary N) is 1. The highest BCUT2D eigenvalue weighted by Crippen LogP contribution is 2.35. The van der Waals surface area contributed by atoms with Crippen molar-refractivity contribution in [2.45, 2.75) is 25.9 Å². The van der Waals surface area contributed by atoms with Crippen molar-refractivity contribution in [1.29, 1.82) is 0 Å². The number of carbonyl (C=O) groups is 1. The Labute approximate surface area is 116 Å². The number of hydrogen-bond donors (Lipinski definition) is 2. The van der Waals surface area contributed by atoms with Gasteiger partial charge in [0.1, 0.15) is 17.7 Å². The van der Waals surface area contributed by atoms with Gasteiger partial charge in [0.25, 0.3) is 0 Å². The summed E-state index contributed by atoms with van der Waals surface area (Å²) in [6, 6.07) is 3.36. The van der Waals surface area contributed by atoms with Gasteiger partial charge < -0.3 is 10.4 Å². The molecular formula is C15H17F2NO2. The van der Waals surface area contributed by atoms with Gasteiger partial charge in [-0.05, 0) is 37.8 Å². The maximum absolute atomic E-state index is 13.4. The SMILES string of the molecule is C/C(=C/C(=O)NCC(O)c1c(F)cccc1F)C1CC1. The molecule has 1 atom stereocenters. The highest BCUT2D eigenvalue weighted by Gasteiger charge is 2.23. The second-order valence-electron chi connectivity index (χ2n) is 5.06. The first-order chi connectivity index (χ1) is 9.49. The molecule has 0 aliphatic heterocycles. The van der Waals surface area contributed by atoms with Gasteiger partial charge in [-0.1, -0.05) is 11.6 Å². The van der Waals surface area contributed by atoms with Crippen LogP contribution in [0.15, 0.2) is 29.8 Å². The van der Waals surface area contributed by atoms with Crippen molar-refractivity contribution in [3.63, 3.8) is 0 Å². The predicted molar refractivity (Wildman–Crippen MR) is 70.8 cm³/mol. The molecule has 0 radical (unpaired) electrons. The van der Waals surface area contributed by atoms with Crippen molar-refractivity contribution in [1.82, 2.24) is 5.32 Å². The number of amides is 1. The molecule has 1 aliphatic carbocycles. The van der Waals surface area contributed by atoms with Gasteiger partial charge in [0.15, 0.2) is 0 Å². The van der Waals surface area contributed by atoms with Gasteiger partial charge in [-0.2, -0.15) is 0 Å². The van der Waals surface area contributed by atoms with Crippen molar-refractivity contribution in [3.8, 4) is 0 Å². The largest absolute Gasteiger partial charge is 0.386 e. The van der Waals surface area contributed by atoms with Crippen LogP contribution in [-0.4, -0.2) is 17.6 Å². The number of halogens is 2. The van der Waals surface area contributed by atoms with Crippen LogP contribution < -0.4 is 5.32 Å². The third-order valence-electron chi connectivity index (χ3n) is 3.38. The lowest BCUT2D eigenvalue weighted by Crippen LogP contribution is -2.28. The average Bonchev–Trinajstić information content (AvgIpc) is 3.20. The number of carbonyl (C=O) groups excluding carboxylic acids is 1. The topological polar surface area (TPSA) is 49.3 Å². The van der Waals surface area contributed by atoms with E-state index in [0.717, 1.165) is 30.5 Å². The fraction of sp³-hybridized carbons (Fsp3) is 0.400. The van der Waals surface area contributed by atoms with Crippen molar-refractivity contribution in [3.05, 3.63) is 47.0 Å². The van der Waals surface area contributed by atoms with E-state index in [1.807, 2.05) is 6.92 Å². The normalized spacial score (nSPS) is 16.9. The van der Waals surface area contributed by atoms with Crippen molar-refractivity contribution in [2.24, 2.45) is 5.92 Å². The van der Waals surface area contributed by atoms with E-state index >= 15 is 0 Å². The number of hydrogen-bond acceptors (Lipinski definition) is 2. The van der Waals surface area contributed by atoms with Gasteiger partial charge in [0.05, 0.1) is 5.56 Å². The predicted octanol–water partition coefficient (Wildman–Crippen LogP) is 2.47. The van der Waals surface area contributed by atoms with E-state index in [-0.39, 0.29) is 12.5 Å². The van der Waals surface area contributed by atoms with E-state index in [1.54, 1.807) is 0 Å². The fourth-order valence-corrected chi connectivity index (χ4v) is 2.04. The number of rotatable bonds is 5. The molecule has 1 aliphatic rings. The molecule has 1 amide bonds. The van der Waals surface area contributed by atoms with E-state index < -0.39 is 23.3 Å². The molecule has 0 saturated heterocycles. The second kappa shape index (κ2) is 6.13. The van der Waals surface area contributed by atoms with Crippen LogP contribution in [0, 0.1) is 17.6 Å². The lowest BCUT2D eigenvalue weighted by Gasteiger charge is -2.13. The average molecular weight is 281 g/mol. The van der Waals surface area contributed by atoms with E-state index in [9.17, 15) is 18.7 Å². The van der Waals surface area contributed by atoms with Crippen LogP contribution in [0.5, 0.6) is 0 Å². The summed E-state index contributed by atoms with van der Waals surface area (Å²) in [5, 5.41) is 12.2. The zero-order chi connectivity index (χ0) is 14.7. The third kappa shape index (κ3) is 3.63. The molecule has 20 heavy (non-hydrogen) atoms. The smallest absolute Gasteiger partial charge is 0.244 e. The Balaban J connectivity index is 1.93. The minimum Gasteiger partial charge on any atom is -0.386 e. The zero-order valence-corrected chi connectivity index (χ0v) is 11.2.